The lowest BCUT2D eigenvalue weighted by molar-refractivity contribution is 0.440. The van der Waals surface area contributed by atoms with Gasteiger partial charge in [-0.1, -0.05) is 12.1 Å². The molecule has 1 aromatic carbocycles. The molecule has 0 amide bonds. The molecule has 3 nitrogen and oxygen atoms in total. The molecule has 76 valence electrons. The largest absolute Gasteiger partial charge is 0.378 e. The van der Waals surface area contributed by atoms with Gasteiger partial charge in [-0.05, 0) is 17.7 Å². The first-order valence-electron chi connectivity index (χ1n) is 4.58. The molecule has 14 heavy (non-hydrogen) atoms. The van der Waals surface area contributed by atoms with Crippen molar-refractivity contribution < 1.29 is 0 Å². The first kappa shape index (κ1) is 10.6. The van der Waals surface area contributed by atoms with Gasteiger partial charge in [-0.15, -0.1) is 0 Å². The summed E-state index contributed by atoms with van der Waals surface area (Å²) in [5.41, 5.74) is 2.32. The van der Waals surface area contributed by atoms with E-state index in [0.717, 1.165) is 5.56 Å². The maximum absolute atomic E-state index is 4.16. The minimum absolute atomic E-state index is 1.12. The van der Waals surface area contributed by atoms with E-state index in [1.807, 2.05) is 34.4 Å². The van der Waals surface area contributed by atoms with Crippen LogP contribution in [0.3, 0.4) is 0 Å². The zero-order valence-corrected chi connectivity index (χ0v) is 9.23. The van der Waals surface area contributed by atoms with Crippen LogP contribution in [-0.2, 0) is 0 Å². The van der Waals surface area contributed by atoms with Crippen LogP contribution in [0.2, 0.25) is 0 Å². The summed E-state index contributed by atoms with van der Waals surface area (Å²) in [6, 6.07) is 8.28. The average molecular weight is 191 g/mol. The summed E-state index contributed by atoms with van der Waals surface area (Å²) < 4.78 is 0. The zero-order valence-electron chi connectivity index (χ0n) is 9.23. The third-order valence-electron chi connectivity index (χ3n) is 1.85. The van der Waals surface area contributed by atoms with E-state index in [1.165, 1.54) is 5.69 Å². The van der Waals surface area contributed by atoms with Crippen LogP contribution in [0.5, 0.6) is 0 Å². The minimum Gasteiger partial charge on any atom is -0.378 e. The van der Waals surface area contributed by atoms with Crippen LogP contribution >= 0.6 is 0 Å². The fourth-order valence-electron chi connectivity index (χ4n) is 1.04. The van der Waals surface area contributed by atoms with Crippen LogP contribution < -0.4 is 4.90 Å². The molecule has 0 saturated heterocycles. The molecule has 0 bridgehead atoms. The van der Waals surface area contributed by atoms with Crippen molar-refractivity contribution in [1.29, 1.82) is 0 Å². The van der Waals surface area contributed by atoms with E-state index < -0.39 is 0 Å². The highest BCUT2D eigenvalue weighted by molar-refractivity contribution is 5.80. The fourth-order valence-corrected chi connectivity index (χ4v) is 1.04. The Kier molecular flexibility index (Phi) is 3.51. The van der Waals surface area contributed by atoms with E-state index in [2.05, 4.69) is 34.3 Å². The van der Waals surface area contributed by atoms with Gasteiger partial charge in [0, 0.05) is 33.9 Å². The monoisotopic (exact) mass is 191 g/mol. The molecule has 0 aliphatic carbocycles. The molecule has 3 heteroatoms. The first-order valence-corrected chi connectivity index (χ1v) is 4.58. The van der Waals surface area contributed by atoms with Crippen molar-refractivity contribution in [3.63, 3.8) is 0 Å². The Labute approximate surface area is 85.6 Å². The van der Waals surface area contributed by atoms with Crippen LogP contribution in [0.25, 0.3) is 0 Å². The van der Waals surface area contributed by atoms with E-state index in [1.54, 1.807) is 5.01 Å². The number of hydrogen-bond donors (Lipinski definition) is 0. The van der Waals surface area contributed by atoms with Gasteiger partial charge in [-0.25, -0.2) is 0 Å². The molecule has 0 fully saturated rings. The number of anilines is 1. The Morgan fingerprint density at radius 1 is 1.00 bits per heavy atom. The highest BCUT2D eigenvalue weighted by Crippen LogP contribution is 2.10. The normalized spacial score (nSPS) is 10.6. The standard InChI is InChI=1S/C11H17N3/c1-13(2)11-7-5-10(6-8-11)9-12-14(3)4/h5-9H,1-4H3. The van der Waals surface area contributed by atoms with Crippen molar-refractivity contribution >= 4 is 11.9 Å². The third-order valence-corrected chi connectivity index (χ3v) is 1.85. The Morgan fingerprint density at radius 2 is 1.57 bits per heavy atom. The van der Waals surface area contributed by atoms with Gasteiger partial charge in [0.1, 0.15) is 0 Å². The molecule has 0 aliphatic rings. The highest BCUT2D eigenvalue weighted by atomic mass is 15.4. The van der Waals surface area contributed by atoms with Crippen LogP contribution in [0.1, 0.15) is 5.56 Å². The molecule has 1 rings (SSSR count). The molecule has 0 unspecified atom stereocenters. The maximum Gasteiger partial charge on any atom is 0.0542 e. The molecule has 0 radical (unpaired) electrons. The van der Waals surface area contributed by atoms with Crippen LogP contribution in [0.4, 0.5) is 5.69 Å². The van der Waals surface area contributed by atoms with Crippen molar-refractivity contribution in [2.24, 2.45) is 5.10 Å². The molecule has 0 atom stereocenters. The quantitative estimate of drug-likeness (QED) is 0.534. The van der Waals surface area contributed by atoms with Crippen molar-refractivity contribution in [3.05, 3.63) is 29.8 Å². The summed E-state index contributed by atoms with van der Waals surface area (Å²) in [6.45, 7) is 0. The van der Waals surface area contributed by atoms with Crippen LogP contribution in [-0.4, -0.2) is 39.4 Å². The summed E-state index contributed by atoms with van der Waals surface area (Å²) in [7, 11) is 7.88. The molecule has 0 heterocycles. The van der Waals surface area contributed by atoms with Crippen molar-refractivity contribution in [2.45, 2.75) is 0 Å². The topological polar surface area (TPSA) is 18.8 Å². The lowest BCUT2D eigenvalue weighted by Gasteiger charge is -2.11. The Hall–Kier alpha value is -1.51. The number of hydrazone groups is 1. The second-order valence-corrected chi connectivity index (χ2v) is 3.58. The number of benzene rings is 1. The Morgan fingerprint density at radius 3 is 2.00 bits per heavy atom. The highest BCUT2D eigenvalue weighted by Gasteiger charge is 1.93. The third kappa shape index (κ3) is 3.09. The van der Waals surface area contributed by atoms with E-state index in [-0.39, 0.29) is 0 Å². The lowest BCUT2D eigenvalue weighted by Crippen LogP contribution is -2.08. The molecule has 0 aliphatic heterocycles. The molecule has 1 aromatic rings. The zero-order chi connectivity index (χ0) is 10.6. The van der Waals surface area contributed by atoms with Crippen molar-refractivity contribution in [3.8, 4) is 0 Å². The van der Waals surface area contributed by atoms with Gasteiger partial charge >= 0.3 is 0 Å². The molecule has 0 saturated carbocycles. The fraction of sp³-hybridized carbons (Fsp3) is 0.364. The van der Waals surface area contributed by atoms with E-state index >= 15 is 0 Å². The van der Waals surface area contributed by atoms with E-state index in [9.17, 15) is 0 Å². The van der Waals surface area contributed by atoms with Crippen molar-refractivity contribution in [2.75, 3.05) is 33.1 Å². The number of rotatable bonds is 3. The first-order chi connectivity index (χ1) is 6.59. The lowest BCUT2D eigenvalue weighted by atomic mass is 10.2. The summed E-state index contributed by atoms with van der Waals surface area (Å²) in [6.07, 6.45) is 1.85. The van der Waals surface area contributed by atoms with E-state index in [0.29, 0.717) is 0 Å². The second kappa shape index (κ2) is 4.65. The molecule has 0 N–H and O–H groups in total. The summed E-state index contributed by atoms with van der Waals surface area (Å²) >= 11 is 0. The summed E-state index contributed by atoms with van der Waals surface area (Å²) in [4.78, 5) is 2.08. The Bertz CT molecular complexity index is 299. The second-order valence-electron chi connectivity index (χ2n) is 3.58. The van der Waals surface area contributed by atoms with Gasteiger partial charge in [0.2, 0.25) is 0 Å². The van der Waals surface area contributed by atoms with E-state index in [4.69, 9.17) is 0 Å². The van der Waals surface area contributed by atoms with Gasteiger partial charge in [0.05, 0.1) is 6.21 Å². The predicted molar refractivity (Wildman–Crippen MR) is 62.1 cm³/mol. The SMILES string of the molecule is CN(C)N=Cc1ccc(N(C)C)cc1. The van der Waals surface area contributed by atoms with Crippen molar-refractivity contribution in [1.82, 2.24) is 5.01 Å². The number of hydrogen-bond acceptors (Lipinski definition) is 3. The molecule has 0 aromatic heterocycles. The molecular weight excluding hydrogens is 174 g/mol. The summed E-state index contributed by atoms with van der Waals surface area (Å²) in [5.74, 6) is 0. The van der Waals surface area contributed by atoms with Gasteiger partial charge in [0.15, 0.2) is 0 Å². The maximum atomic E-state index is 4.16. The number of nitrogens with zero attached hydrogens (tertiary/aromatic N) is 3. The van der Waals surface area contributed by atoms with Gasteiger partial charge in [-0.2, -0.15) is 5.10 Å². The molecule has 0 spiro atoms. The van der Waals surface area contributed by atoms with Gasteiger partial charge in [-0.3, -0.25) is 0 Å². The van der Waals surface area contributed by atoms with Gasteiger partial charge in [0.25, 0.3) is 0 Å². The smallest absolute Gasteiger partial charge is 0.0542 e. The van der Waals surface area contributed by atoms with Gasteiger partial charge < -0.3 is 9.91 Å². The minimum atomic E-state index is 1.12. The van der Waals surface area contributed by atoms with Crippen LogP contribution in [0, 0.1) is 0 Å². The average Bonchev–Trinajstić information content (AvgIpc) is 2.15. The Balaban J connectivity index is 2.73. The summed E-state index contributed by atoms with van der Waals surface area (Å²) in [5, 5.41) is 5.94. The predicted octanol–water partition coefficient (Wildman–Crippen LogP) is 1.65. The van der Waals surface area contributed by atoms with Crippen LogP contribution in [0.15, 0.2) is 29.4 Å². The molecular formula is C11H17N3.